The molecule has 0 unspecified atom stereocenters. The van der Waals surface area contributed by atoms with Crippen LogP contribution in [0.25, 0.3) is 20.8 Å². The molecule has 3 rings (SSSR count). The van der Waals surface area contributed by atoms with E-state index < -0.39 is 0 Å². The Kier molecular flexibility index (Phi) is 4.80. The number of ether oxygens (including phenoxy) is 2. The van der Waals surface area contributed by atoms with Gasteiger partial charge in [0, 0.05) is 5.88 Å². The first-order valence-corrected chi connectivity index (χ1v) is 8.39. The Morgan fingerprint density at radius 2 is 2.05 bits per heavy atom. The fourth-order valence-corrected chi connectivity index (χ4v) is 3.31. The van der Waals surface area contributed by atoms with E-state index in [4.69, 9.17) is 26.1 Å². The van der Waals surface area contributed by atoms with Crippen molar-refractivity contribution >= 4 is 33.2 Å². The average molecular weight is 334 g/mol. The highest BCUT2D eigenvalue weighted by Crippen LogP contribution is 2.36. The van der Waals surface area contributed by atoms with Crippen LogP contribution in [0, 0.1) is 0 Å². The number of alkyl halides is 1. The second-order valence-electron chi connectivity index (χ2n) is 4.74. The summed E-state index contributed by atoms with van der Waals surface area (Å²) in [6.45, 7) is 0.632. The molecular formula is C17H16ClNO2S. The number of methoxy groups -OCH3 is 1. The van der Waals surface area contributed by atoms with Gasteiger partial charge in [0.25, 0.3) is 0 Å². The van der Waals surface area contributed by atoms with Gasteiger partial charge >= 0.3 is 0 Å². The van der Waals surface area contributed by atoms with Crippen molar-refractivity contribution in [3.63, 3.8) is 0 Å². The van der Waals surface area contributed by atoms with Gasteiger partial charge in [-0.15, -0.1) is 22.9 Å². The molecule has 0 aliphatic carbocycles. The molecule has 0 radical (unpaired) electrons. The average Bonchev–Trinajstić information content (AvgIpc) is 2.98. The fourth-order valence-electron chi connectivity index (χ4n) is 2.18. The summed E-state index contributed by atoms with van der Waals surface area (Å²) in [6, 6.07) is 13.9. The maximum Gasteiger partial charge on any atom is 0.129 e. The van der Waals surface area contributed by atoms with Gasteiger partial charge in [0.2, 0.25) is 0 Å². The Morgan fingerprint density at radius 1 is 1.18 bits per heavy atom. The van der Waals surface area contributed by atoms with Crippen molar-refractivity contribution in [2.24, 2.45) is 0 Å². The predicted molar refractivity (Wildman–Crippen MR) is 92.4 cm³/mol. The largest absolute Gasteiger partial charge is 0.496 e. The number of nitrogens with zero attached hydrogens (tertiary/aromatic N) is 1. The van der Waals surface area contributed by atoms with Crippen molar-refractivity contribution in [3.05, 3.63) is 42.5 Å². The van der Waals surface area contributed by atoms with Crippen molar-refractivity contribution < 1.29 is 9.47 Å². The van der Waals surface area contributed by atoms with Gasteiger partial charge in [-0.25, -0.2) is 4.98 Å². The molecule has 0 bridgehead atoms. The first-order valence-electron chi connectivity index (χ1n) is 7.04. The van der Waals surface area contributed by atoms with E-state index in [1.54, 1.807) is 18.4 Å². The summed E-state index contributed by atoms with van der Waals surface area (Å²) < 4.78 is 12.2. The topological polar surface area (TPSA) is 31.4 Å². The Bertz CT molecular complexity index is 772. The summed E-state index contributed by atoms with van der Waals surface area (Å²) in [5, 5.41) is 0.949. The molecule has 2 aromatic carbocycles. The van der Waals surface area contributed by atoms with Crippen LogP contribution in [-0.4, -0.2) is 24.6 Å². The zero-order chi connectivity index (χ0) is 15.4. The maximum atomic E-state index is 5.68. The molecule has 0 spiro atoms. The summed E-state index contributed by atoms with van der Waals surface area (Å²) in [7, 11) is 1.68. The third-order valence-electron chi connectivity index (χ3n) is 3.24. The third kappa shape index (κ3) is 3.18. The summed E-state index contributed by atoms with van der Waals surface area (Å²) in [6.07, 6.45) is 0.842. The number of hydrogen-bond donors (Lipinski definition) is 0. The van der Waals surface area contributed by atoms with Crippen LogP contribution in [0.4, 0.5) is 0 Å². The summed E-state index contributed by atoms with van der Waals surface area (Å²) in [5.74, 6) is 2.30. The van der Waals surface area contributed by atoms with Gasteiger partial charge in [0.15, 0.2) is 0 Å². The quantitative estimate of drug-likeness (QED) is 0.471. The van der Waals surface area contributed by atoms with E-state index >= 15 is 0 Å². The van der Waals surface area contributed by atoms with Crippen LogP contribution < -0.4 is 9.47 Å². The predicted octanol–water partition coefficient (Wildman–Crippen LogP) is 4.98. The Hall–Kier alpha value is -1.78. The van der Waals surface area contributed by atoms with Gasteiger partial charge in [-0.05, 0) is 36.8 Å². The summed E-state index contributed by atoms with van der Waals surface area (Å²) in [5.41, 5.74) is 1.98. The van der Waals surface area contributed by atoms with Gasteiger partial charge in [-0.2, -0.15) is 0 Å². The van der Waals surface area contributed by atoms with Crippen molar-refractivity contribution in [1.82, 2.24) is 4.98 Å². The Morgan fingerprint density at radius 3 is 2.86 bits per heavy atom. The molecule has 5 heteroatoms. The number of halogens is 1. The van der Waals surface area contributed by atoms with Crippen molar-refractivity contribution in [1.29, 1.82) is 0 Å². The van der Waals surface area contributed by atoms with E-state index in [9.17, 15) is 0 Å². The van der Waals surface area contributed by atoms with Gasteiger partial charge in [0.1, 0.15) is 16.5 Å². The lowest BCUT2D eigenvalue weighted by Crippen LogP contribution is -1.97. The molecule has 0 saturated carbocycles. The number of aromatic nitrogens is 1. The molecule has 0 amide bonds. The van der Waals surface area contributed by atoms with E-state index in [1.807, 2.05) is 42.5 Å². The van der Waals surface area contributed by atoms with E-state index in [0.717, 1.165) is 38.7 Å². The zero-order valence-corrected chi connectivity index (χ0v) is 13.8. The smallest absolute Gasteiger partial charge is 0.129 e. The lowest BCUT2D eigenvalue weighted by Gasteiger charge is -2.04. The molecule has 3 aromatic rings. The van der Waals surface area contributed by atoms with Gasteiger partial charge < -0.3 is 9.47 Å². The number of fused-ring (bicyclic) bond motifs is 1. The summed E-state index contributed by atoms with van der Waals surface area (Å²) in [4.78, 5) is 4.69. The molecule has 22 heavy (non-hydrogen) atoms. The van der Waals surface area contributed by atoms with E-state index in [1.165, 1.54) is 0 Å². The molecule has 0 fully saturated rings. The SMILES string of the molecule is COc1ccccc1-c1nc2ccc(OCCCCl)cc2s1. The second kappa shape index (κ2) is 6.99. The number of benzene rings is 2. The maximum absolute atomic E-state index is 5.68. The first-order chi connectivity index (χ1) is 10.8. The lowest BCUT2D eigenvalue weighted by atomic mass is 10.2. The molecular weight excluding hydrogens is 318 g/mol. The number of rotatable bonds is 6. The van der Waals surface area contributed by atoms with Crippen LogP contribution >= 0.6 is 22.9 Å². The first kappa shape index (κ1) is 15.1. The Labute approximate surface area is 138 Å². The molecule has 114 valence electrons. The van der Waals surface area contributed by atoms with Crippen molar-refractivity contribution in [2.75, 3.05) is 19.6 Å². The molecule has 1 heterocycles. The van der Waals surface area contributed by atoms with E-state index in [-0.39, 0.29) is 0 Å². The van der Waals surface area contributed by atoms with Crippen LogP contribution in [0.2, 0.25) is 0 Å². The lowest BCUT2D eigenvalue weighted by molar-refractivity contribution is 0.319. The molecule has 0 aliphatic rings. The van der Waals surface area contributed by atoms with E-state index in [2.05, 4.69) is 0 Å². The highest BCUT2D eigenvalue weighted by molar-refractivity contribution is 7.21. The molecule has 0 saturated heterocycles. The fraction of sp³-hybridized carbons (Fsp3) is 0.235. The molecule has 0 aliphatic heterocycles. The highest BCUT2D eigenvalue weighted by atomic mass is 35.5. The normalized spacial score (nSPS) is 10.8. The standard InChI is InChI=1S/C17H16ClNO2S/c1-20-15-6-3-2-5-13(15)17-19-14-8-7-12(11-16(14)22-17)21-10-4-9-18/h2-3,5-8,11H,4,9-10H2,1H3. The summed E-state index contributed by atoms with van der Waals surface area (Å²) >= 11 is 7.30. The minimum atomic E-state index is 0.612. The number of hydrogen-bond acceptors (Lipinski definition) is 4. The van der Waals surface area contributed by atoms with Gasteiger partial charge in [-0.3, -0.25) is 0 Å². The Balaban J connectivity index is 1.92. The van der Waals surface area contributed by atoms with Crippen LogP contribution in [0.3, 0.4) is 0 Å². The molecule has 3 nitrogen and oxygen atoms in total. The van der Waals surface area contributed by atoms with Gasteiger partial charge in [0.05, 0.1) is 29.5 Å². The number of para-hydroxylation sites is 1. The minimum Gasteiger partial charge on any atom is -0.496 e. The van der Waals surface area contributed by atoms with Crippen LogP contribution in [0.1, 0.15) is 6.42 Å². The van der Waals surface area contributed by atoms with Crippen LogP contribution in [0.5, 0.6) is 11.5 Å². The third-order valence-corrected chi connectivity index (χ3v) is 4.56. The van der Waals surface area contributed by atoms with Crippen LogP contribution in [0.15, 0.2) is 42.5 Å². The number of thiazole rings is 1. The van der Waals surface area contributed by atoms with Crippen LogP contribution in [-0.2, 0) is 0 Å². The highest BCUT2D eigenvalue weighted by Gasteiger charge is 2.11. The minimum absolute atomic E-state index is 0.612. The second-order valence-corrected chi connectivity index (χ2v) is 6.15. The van der Waals surface area contributed by atoms with Crippen molar-refractivity contribution in [3.8, 4) is 22.1 Å². The molecule has 1 aromatic heterocycles. The monoisotopic (exact) mass is 333 g/mol. The molecule has 0 N–H and O–H groups in total. The van der Waals surface area contributed by atoms with E-state index in [0.29, 0.717) is 12.5 Å². The zero-order valence-electron chi connectivity index (χ0n) is 12.2. The van der Waals surface area contributed by atoms with Crippen molar-refractivity contribution in [2.45, 2.75) is 6.42 Å². The van der Waals surface area contributed by atoms with Gasteiger partial charge in [-0.1, -0.05) is 12.1 Å². The molecule has 0 atom stereocenters.